The van der Waals surface area contributed by atoms with Crippen molar-refractivity contribution in [1.29, 1.82) is 0 Å². The number of rotatable bonds is 3. The van der Waals surface area contributed by atoms with E-state index in [1.807, 2.05) is 17.7 Å². The summed E-state index contributed by atoms with van der Waals surface area (Å²) in [7, 11) is 0. The number of aromatic nitrogens is 5. The number of anilines is 1. The van der Waals surface area contributed by atoms with Gasteiger partial charge in [-0.1, -0.05) is 24.3 Å². The first-order chi connectivity index (χ1) is 16.8. The van der Waals surface area contributed by atoms with Gasteiger partial charge in [0.15, 0.2) is 0 Å². The van der Waals surface area contributed by atoms with E-state index < -0.39 is 0 Å². The lowest BCUT2D eigenvalue weighted by Gasteiger charge is -2.37. The number of hydrogen-bond donors (Lipinski definition) is 1. The average molecular weight is 449 g/mol. The van der Waals surface area contributed by atoms with Crippen LogP contribution in [0.4, 0.5) is 5.82 Å². The first-order valence-electron chi connectivity index (χ1n) is 11.7. The molecule has 1 atom stereocenters. The quantitative estimate of drug-likeness (QED) is 0.439. The van der Waals surface area contributed by atoms with Crippen molar-refractivity contribution < 1.29 is 4.74 Å². The molecule has 7 heteroatoms. The van der Waals surface area contributed by atoms with Crippen molar-refractivity contribution in [3.63, 3.8) is 0 Å². The molecule has 1 unspecified atom stereocenters. The van der Waals surface area contributed by atoms with E-state index in [9.17, 15) is 0 Å². The molecule has 5 aromatic rings. The van der Waals surface area contributed by atoms with Crippen molar-refractivity contribution in [2.75, 3.05) is 18.1 Å². The number of para-hydroxylation sites is 1. The van der Waals surface area contributed by atoms with Crippen LogP contribution in [0.1, 0.15) is 34.3 Å². The predicted molar refractivity (Wildman–Crippen MR) is 131 cm³/mol. The fourth-order valence-corrected chi connectivity index (χ4v) is 5.46. The summed E-state index contributed by atoms with van der Waals surface area (Å²) in [4.78, 5) is 19.7. The number of aryl methyl sites for hydroxylation is 1. The zero-order valence-electron chi connectivity index (χ0n) is 18.9. The molecule has 0 bridgehead atoms. The number of fused-ring (bicyclic) bond motifs is 4. The molecular weight excluding hydrogens is 424 g/mol. The maximum absolute atomic E-state index is 5.79. The molecule has 5 heterocycles. The third kappa shape index (κ3) is 2.93. The number of H-pyrrole nitrogens is 1. The molecular formula is C27H24N6O. The molecule has 7 rings (SSSR count). The van der Waals surface area contributed by atoms with Crippen molar-refractivity contribution in [3.8, 4) is 11.6 Å². The van der Waals surface area contributed by atoms with Gasteiger partial charge in [-0.25, -0.2) is 15.0 Å². The van der Waals surface area contributed by atoms with Crippen LogP contribution in [0.3, 0.4) is 0 Å². The van der Waals surface area contributed by atoms with E-state index in [1.54, 1.807) is 12.5 Å². The van der Waals surface area contributed by atoms with E-state index in [0.29, 0.717) is 0 Å². The molecule has 0 saturated heterocycles. The minimum Gasteiger partial charge on any atom is -0.493 e. The van der Waals surface area contributed by atoms with Crippen molar-refractivity contribution >= 4 is 16.7 Å². The van der Waals surface area contributed by atoms with Gasteiger partial charge in [-0.05, 0) is 48.2 Å². The zero-order valence-corrected chi connectivity index (χ0v) is 18.9. The van der Waals surface area contributed by atoms with Crippen LogP contribution in [-0.4, -0.2) is 37.7 Å². The summed E-state index contributed by atoms with van der Waals surface area (Å²) in [6.45, 7) is 3.60. The topological polar surface area (TPSA) is 71.9 Å². The van der Waals surface area contributed by atoms with Gasteiger partial charge in [0.1, 0.15) is 29.5 Å². The Kier molecular flexibility index (Phi) is 4.24. The monoisotopic (exact) mass is 448 g/mol. The molecule has 0 saturated carbocycles. The van der Waals surface area contributed by atoms with Crippen LogP contribution in [0.2, 0.25) is 0 Å². The molecule has 34 heavy (non-hydrogen) atoms. The molecule has 2 aliphatic heterocycles. The fourth-order valence-electron chi connectivity index (χ4n) is 5.46. The standard InChI is InChI=1S/C27H24N6O/c1-17-28-10-12-32(17)24-15-25(30-16-29-24)33-11-8-21-20-4-2-3-5-22(20)31-26(21)27(33)19-6-7-23-18(14-19)9-13-34-23/h2-7,10,12,14-16,27,31H,8-9,11,13H2,1H3. The van der Waals surface area contributed by atoms with Gasteiger partial charge in [-0.2, -0.15) is 0 Å². The lowest BCUT2D eigenvalue weighted by Crippen LogP contribution is -2.37. The number of imidazole rings is 1. The van der Waals surface area contributed by atoms with Crippen LogP contribution in [0.15, 0.2) is 67.3 Å². The second-order valence-corrected chi connectivity index (χ2v) is 8.95. The molecule has 2 aromatic carbocycles. The number of nitrogens with one attached hydrogen (secondary N) is 1. The number of ether oxygens (including phenoxy) is 1. The van der Waals surface area contributed by atoms with Gasteiger partial charge in [0, 0.05) is 48.0 Å². The predicted octanol–water partition coefficient (Wildman–Crippen LogP) is 4.54. The lowest BCUT2D eigenvalue weighted by molar-refractivity contribution is 0.357. The Balaban J connectivity index is 1.40. The average Bonchev–Trinajstić information content (AvgIpc) is 3.61. The first kappa shape index (κ1) is 19.3. The van der Waals surface area contributed by atoms with Crippen molar-refractivity contribution in [1.82, 2.24) is 24.5 Å². The first-order valence-corrected chi connectivity index (χ1v) is 11.7. The maximum Gasteiger partial charge on any atom is 0.143 e. The Morgan fingerprint density at radius 1 is 1.00 bits per heavy atom. The van der Waals surface area contributed by atoms with Gasteiger partial charge < -0.3 is 14.6 Å². The van der Waals surface area contributed by atoms with Crippen molar-refractivity contribution in [2.24, 2.45) is 0 Å². The molecule has 168 valence electrons. The van der Waals surface area contributed by atoms with Gasteiger partial charge >= 0.3 is 0 Å². The summed E-state index contributed by atoms with van der Waals surface area (Å²) in [5.74, 6) is 3.63. The van der Waals surface area contributed by atoms with Crippen LogP contribution in [0.25, 0.3) is 16.7 Å². The number of aromatic amines is 1. The maximum atomic E-state index is 5.79. The van der Waals surface area contributed by atoms with E-state index in [4.69, 9.17) is 9.72 Å². The number of benzene rings is 2. The highest BCUT2D eigenvalue weighted by Gasteiger charge is 2.33. The molecule has 0 fully saturated rings. The Labute approximate surface area is 197 Å². The number of nitrogens with zero attached hydrogens (tertiary/aromatic N) is 5. The second kappa shape index (κ2) is 7.45. The molecule has 3 aromatic heterocycles. The van der Waals surface area contributed by atoms with Crippen LogP contribution in [0.5, 0.6) is 5.75 Å². The number of hydrogen-bond acceptors (Lipinski definition) is 5. The summed E-state index contributed by atoms with van der Waals surface area (Å²) < 4.78 is 7.78. The van der Waals surface area contributed by atoms with Crippen molar-refractivity contribution in [2.45, 2.75) is 25.8 Å². The van der Waals surface area contributed by atoms with E-state index in [0.717, 1.165) is 49.2 Å². The molecule has 0 amide bonds. The summed E-state index contributed by atoms with van der Waals surface area (Å²) in [6, 6.07) is 17.3. The summed E-state index contributed by atoms with van der Waals surface area (Å²) in [5, 5.41) is 1.31. The molecule has 1 N–H and O–H groups in total. The molecule has 7 nitrogen and oxygen atoms in total. The SMILES string of the molecule is Cc1nccn1-c1cc(N2CCc3c([nH]c4ccccc34)C2c2ccc3c(c2)CCO3)ncn1. The summed E-state index contributed by atoms with van der Waals surface area (Å²) >= 11 is 0. The Morgan fingerprint density at radius 2 is 1.91 bits per heavy atom. The Hall–Kier alpha value is -4.13. The Bertz CT molecular complexity index is 1530. The smallest absolute Gasteiger partial charge is 0.143 e. The second-order valence-electron chi connectivity index (χ2n) is 8.95. The van der Waals surface area contributed by atoms with E-state index in [-0.39, 0.29) is 6.04 Å². The molecule has 0 aliphatic carbocycles. The van der Waals surface area contributed by atoms with Gasteiger partial charge in [0.2, 0.25) is 0 Å². The third-order valence-electron chi connectivity index (χ3n) is 7.07. The van der Waals surface area contributed by atoms with Gasteiger partial charge in [-0.15, -0.1) is 0 Å². The van der Waals surface area contributed by atoms with Gasteiger partial charge in [0.05, 0.1) is 12.6 Å². The summed E-state index contributed by atoms with van der Waals surface area (Å²) in [5.41, 5.74) is 6.34. The largest absolute Gasteiger partial charge is 0.493 e. The highest BCUT2D eigenvalue weighted by molar-refractivity contribution is 5.86. The van der Waals surface area contributed by atoms with Crippen LogP contribution < -0.4 is 9.64 Å². The molecule has 0 radical (unpaired) electrons. The molecule has 2 aliphatic rings. The van der Waals surface area contributed by atoms with E-state index in [1.165, 1.54) is 33.3 Å². The molecule has 0 spiro atoms. The highest BCUT2D eigenvalue weighted by Crippen LogP contribution is 2.41. The summed E-state index contributed by atoms with van der Waals surface area (Å²) in [6.07, 6.45) is 7.29. The fraction of sp³-hybridized carbons (Fsp3) is 0.222. The van der Waals surface area contributed by atoms with Crippen LogP contribution >= 0.6 is 0 Å². The normalized spacial score (nSPS) is 17.0. The van der Waals surface area contributed by atoms with Crippen LogP contribution in [-0.2, 0) is 12.8 Å². The van der Waals surface area contributed by atoms with E-state index >= 15 is 0 Å². The van der Waals surface area contributed by atoms with Crippen molar-refractivity contribution in [3.05, 3.63) is 95.5 Å². The van der Waals surface area contributed by atoms with Gasteiger partial charge in [0.25, 0.3) is 0 Å². The lowest BCUT2D eigenvalue weighted by atomic mass is 9.91. The minimum absolute atomic E-state index is 0.0219. The highest BCUT2D eigenvalue weighted by atomic mass is 16.5. The van der Waals surface area contributed by atoms with Crippen LogP contribution in [0, 0.1) is 6.92 Å². The minimum atomic E-state index is 0.0219. The zero-order chi connectivity index (χ0) is 22.6. The van der Waals surface area contributed by atoms with E-state index in [2.05, 4.69) is 68.4 Å². The van der Waals surface area contributed by atoms with Gasteiger partial charge in [-0.3, -0.25) is 4.57 Å². The Morgan fingerprint density at radius 3 is 2.82 bits per heavy atom. The third-order valence-corrected chi connectivity index (χ3v) is 7.07.